The summed E-state index contributed by atoms with van der Waals surface area (Å²) in [6.45, 7) is 0. The predicted octanol–water partition coefficient (Wildman–Crippen LogP) is 3.24. The molecule has 1 aromatic heterocycles. The van der Waals surface area contributed by atoms with Crippen LogP contribution in [-0.2, 0) is 0 Å². The van der Waals surface area contributed by atoms with Crippen LogP contribution < -0.4 is 4.74 Å². The quantitative estimate of drug-likeness (QED) is 0.739. The van der Waals surface area contributed by atoms with E-state index in [0.29, 0.717) is 0 Å². The van der Waals surface area contributed by atoms with Crippen molar-refractivity contribution in [1.29, 1.82) is 0 Å². The molecule has 2 rings (SSSR count). The summed E-state index contributed by atoms with van der Waals surface area (Å²) in [5.74, 6) is 0.801. The first-order valence-corrected chi connectivity index (χ1v) is 5.40. The summed E-state index contributed by atoms with van der Waals surface area (Å²) in [6, 6.07) is 9.65. The van der Waals surface area contributed by atoms with Gasteiger partial charge >= 0.3 is 0 Å². The number of rotatable bonds is 3. The maximum absolute atomic E-state index is 10.8. The van der Waals surface area contributed by atoms with Gasteiger partial charge in [0, 0.05) is 5.56 Å². The molecule has 0 radical (unpaired) electrons. The van der Waals surface area contributed by atoms with Crippen LogP contribution in [0.4, 0.5) is 0 Å². The minimum atomic E-state index is 0.753. The van der Waals surface area contributed by atoms with Crippen molar-refractivity contribution in [2.45, 2.75) is 0 Å². The average molecular weight is 218 g/mol. The molecule has 0 aliphatic carbocycles. The predicted molar refractivity (Wildman–Crippen MR) is 61.7 cm³/mol. The highest BCUT2D eigenvalue weighted by atomic mass is 32.1. The van der Waals surface area contributed by atoms with Crippen molar-refractivity contribution in [2.75, 3.05) is 7.11 Å². The summed E-state index contributed by atoms with van der Waals surface area (Å²) in [4.78, 5) is 11.5. The molecule has 15 heavy (non-hydrogen) atoms. The van der Waals surface area contributed by atoms with Crippen LogP contribution >= 0.6 is 11.3 Å². The number of thiophene rings is 1. The van der Waals surface area contributed by atoms with Gasteiger partial charge in [-0.2, -0.15) is 0 Å². The van der Waals surface area contributed by atoms with Crippen LogP contribution in [0.25, 0.3) is 11.1 Å². The fourth-order valence-electron chi connectivity index (χ4n) is 1.44. The Bertz CT molecular complexity index is 474. The Morgan fingerprint density at radius 1 is 1.33 bits per heavy atom. The van der Waals surface area contributed by atoms with Gasteiger partial charge < -0.3 is 4.74 Å². The van der Waals surface area contributed by atoms with E-state index >= 15 is 0 Å². The lowest BCUT2D eigenvalue weighted by atomic mass is 10.1. The van der Waals surface area contributed by atoms with Gasteiger partial charge in [0.1, 0.15) is 5.75 Å². The number of hydrogen-bond donors (Lipinski definition) is 0. The highest BCUT2D eigenvalue weighted by Gasteiger charge is 2.06. The normalized spacial score (nSPS) is 9.93. The molecule has 2 nitrogen and oxygen atoms in total. The lowest BCUT2D eigenvalue weighted by molar-refractivity contribution is 0.112. The first kappa shape index (κ1) is 9.93. The van der Waals surface area contributed by atoms with Gasteiger partial charge in [-0.3, -0.25) is 4.79 Å². The fourth-order valence-corrected chi connectivity index (χ4v) is 2.16. The highest BCUT2D eigenvalue weighted by Crippen LogP contribution is 2.29. The van der Waals surface area contributed by atoms with Gasteiger partial charge in [0.2, 0.25) is 0 Å². The number of ether oxygens (including phenoxy) is 1. The largest absolute Gasteiger partial charge is 0.497 e. The van der Waals surface area contributed by atoms with Gasteiger partial charge in [0.15, 0.2) is 6.29 Å². The molecule has 0 fully saturated rings. The second-order valence-electron chi connectivity index (χ2n) is 3.05. The third-order valence-corrected chi connectivity index (χ3v) is 3.03. The van der Waals surface area contributed by atoms with E-state index < -0.39 is 0 Å². The maximum atomic E-state index is 10.8. The Morgan fingerprint density at radius 2 is 2.20 bits per heavy atom. The molecule has 0 amide bonds. The molecule has 0 saturated heterocycles. The van der Waals surface area contributed by atoms with E-state index in [1.807, 2.05) is 35.7 Å². The molecule has 0 atom stereocenters. The first-order valence-electron chi connectivity index (χ1n) is 4.52. The maximum Gasteiger partial charge on any atom is 0.160 e. The van der Waals surface area contributed by atoms with E-state index in [0.717, 1.165) is 28.0 Å². The second-order valence-corrected chi connectivity index (χ2v) is 4.00. The minimum absolute atomic E-state index is 0.753. The molecule has 1 heterocycles. The van der Waals surface area contributed by atoms with E-state index in [2.05, 4.69) is 0 Å². The Balaban J connectivity index is 2.48. The number of benzene rings is 1. The van der Waals surface area contributed by atoms with Gasteiger partial charge in [-0.15, -0.1) is 11.3 Å². The van der Waals surface area contributed by atoms with Crippen molar-refractivity contribution in [3.63, 3.8) is 0 Å². The van der Waals surface area contributed by atoms with E-state index in [4.69, 9.17) is 4.74 Å². The summed E-state index contributed by atoms with van der Waals surface area (Å²) in [6.07, 6.45) is 0.888. The highest BCUT2D eigenvalue weighted by molar-refractivity contribution is 7.12. The van der Waals surface area contributed by atoms with Gasteiger partial charge in [0.05, 0.1) is 12.0 Å². The molecular formula is C12H10O2S. The third-order valence-electron chi connectivity index (χ3n) is 2.18. The summed E-state index contributed by atoms with van der Waals surface area (Å²) in [7, 11) is 1.63. The minimum Gasteiger partial charge on any atom is -0.497 e. The summed E-state index contributed by atoms with van der Waals surface area (Å²) < 4.78 is 5.14. The second kappa shape index (κ2) is 4.28. The molecule has 0 aliphatic rings. The van der Waals surface area contributed by atoms with Crippen molar-refractivity contribution in [1.82, 2.24) is 0 Å². The van der Waals surface area contributed by atoms with Crippen LogP contribution in [0.15, 0.2) is 35.7 Å². The van der Waals surface area contributed by atoms with Gasteiger partial charge in [0.25, 0.3) is 0 Å². The van der Waals surface area contributed by atoms with Crippen LogP contribution in [0.2, 0.25) is 0 Å². The molecular weight excluding hydrogens is 208 g/mol. The molecule has 2 aromatic rings. The smallest absolute Gasteiger partial charge is 0.160 e. The van der Waals surface area contributed by atoms with Crippen LogP contribution in [0.5, 0.6) is 5.75 Å². The Kier molecular flexibility index (Phi) is 2.83. The summed E-state index contributed by atoms with van der Waals surface area (Å²) in [5.41, 5.74) is 1.98. The number of carbonyl (C=O) groups is 1. The summed E-state index contributed by atoms with van der Waals surface area (Å²) >= 11 is 1.45. The lowest BCUT2D eigenvalue weighted by Gasteiger charge is -2.03. The standard InChI is InChI=1S/C12H10O2S/c1-14-10-4-2-3-9(7-10)11-5-6-15-12(11)8-13/h2-8H,1H3. The zero-order valence-corrected chi connectivity index (χ0v) is 9.08. The van der Waals surface area contributed by atoms with E-state index in [9.17, 15) is 4.79 Å². The number of methoxy groups -OCH3 is 1. The van der Waals surface area contributed by atoms with Crippen molar-refractivity contribution in [2.24, 2.45) is 0 Å². The molecule has 0 saturated carbocycles. The summed E-state index contributed by atoms with van der Waals surface area (Å²) in [5, 5.41) is 1.92. The SMILES string of the molecule is COc1cccc(-c2ccsc2C=O)c1. The zero-order valence-electron chi connectivity index (χ0n) is 8.27. The monoisotopic (exact) mass is 218 g/mol. The Labute approximate surface area is 92.1 Å². The van der Waals surface area contributed by atoms with Crippen molar-refractivity contribution >= 4 is 17.6 Å². The first-order chi connectivity index (χ1) is 7.35. The van der Waals surface area contributed by atoms with Gasteiger partial charge in [-0.1, -0.05) is 12.1 Å². The number of hydrogen-bond acceptors (Lipinski definition) is 3. The molecule has 76 valence electrons. The van der Waals surface area contributed by atoms with Gasteiger partial charge in [-0.05, 0) is 29.1 Å². The van der Waals surface area contributed by atoms with Crippen LogP contribution in [0.3, 0.4) is 0 Å². The Morgan fingerprint density at radius 3 is 2.93 bits per heavy atom. The number of carbonyl (C=O) groups excluding carboxylic acids is 1. The van der Waals surface area contributed by atoms with Crippen LogP contribution in [0, 0.1) is 0 Å². The van der Waals surface area contributed by atoms with Crippen molar-refractivity contribution < 1.29 is 9.53 Å². The van der Waals surface area contributed by atoms with Crippen molar-refractivity contribution in [3.8, 4) is 16.9 Å². The lowest BCUT2D eigenvalue weighted by Crippen LogP contribution is -1.84. The van der Waals surface area contributed by atoms with Crippen LogP contribution in [-0.4, -0.2) is 13.4 Å². The third kappa shape index (κ3) is 1.92. The molecule has 0 N–H and O–H groups in total. The van der Waals surface area contributed by atoms with E-state index in [1.165, 1.54) is 11.3 Å². The van der Waals surface area contributed by atoms with Crippen molar-refractivity contribution in [3.05, 3.63) is 40.6 Å². The van der Waals surface area contributed by atoms with Gasteiger partial charge in [-0.25, -0.2) is 0 Å². The average Bonchev–Trinajstić information content (AvgIpc) is 2.77. The molecule has 0 unspecified atom stereocenters. The molecule has 0 spiro atoms. The van der Waals surface area contributed by atoms with E-state index in [-0.39, 0.29) is 0 Å². The zero-order chi connectivity index (χ0) is 10.7. The molecule has 0 aliphatic heterocycles. The van der Waals surface area contributed by atoms with E-state index in [1.54, 1.807) is 7.11 Å². The molecule has 0 bridgehead atoms. The van der Waals surface area contributed by atoms with Crippen LogP contribution in [0.1, 0.15) is 9.67 Å². The molecule has 3 heteroatoms. The molecule has 1 aromatic carbocycles. The number of aldehydes is 1. The fraction of sp³-hybridized carbons (Fsp3) is 0.0833. The topological polar surface area (TPSA) is 26.3 Å². The Hall–Kier alpha value is -1.61.